The smallest absolute Gasteiger partial charge is 0.229 e. The number of hydrogen-bond donors (Lipinski definition) is 3. The summed E-state index contributed by atoms with van der Waals surface area (Å²) in [6, 6.07) is 22.1. The summed E-state index contributed by atoms with van der Waals surface area (Å²) in [6.07, 6.45) is 1.72. The van der Waals surface area contributed by atoms with E-state index in [1.807, 2.05) is 72.1 Å². The average molecular weight is 501 g/mol. The van der Waals surface area contributed by atoms with Gasteiger partial charge in [0.2, 0.25) is 11.9 Å². The molecule has 8 nitrogen and oxygen atoms in total. The van der Waals surface area contributed by atoms with Crippen LogP contribution in [0.4, 0.5) is 33.5 Å². The van der Waals surface area contributed by atoms with E-state index in [2.05, 4.69) is 20.6 Å². The second-order valence-electron chi connectivity index (χ2n) is 8.22. The molecule has 2 aromatic heterocycles. The molecule has 0 fully saturated rings. The molecule has 0 aliphatic rings. The van der Waals surface area contributed by atoms with Gasteiger partial charge in [-0.15, -0.1) is 0 Å². The number of nitrogens with one attached hydrogen (secondary N) is 2. The van der Waals surface area contributed by atoms with Gasteiger partial charge < -0.3 is 20.1 Å². The lowest BCUT2D eigenvalue weighted by Crippen LogP contribution is -2.12. The molecule has 0 amide bonds. The highest BCUT2D eigenvalue weighted by Crippen LogP contribution is 2.28. The fourth-order valence-electron chi connectivity index (χ4n) is 3.84. The minimum Gasteiger partial charge on any atom is -0.352 e. The standard InChI is InChI=1S/C26H25FN8S/c1-34(24-12-13-29-25(33-24)31-19-4-3-5-21(14-19)36-28)20-10-11-23-22(15-20)32-26(35(23)2)30-16-17-6-8-18(27)9-7-17/h3-15H,16,28H2,1-2H3,(H,30,32)(H,29,31,33). The van der Waals surface area contributed by atoms with Crippen LogP contribution in [0.2, 0.25) is 0 Å². The number of halogens is 1. The summed E-state index contributed by atoms with van der Waals surface area (Å²) in [5, 5.41) is 12.2. The number of aromatic nitrogens is 4. The van der Waals surface area contributed by atoms with Crippen molar-refractivity contribution in [3.05, 3.63) is 90.4 Å². The summed E-state index contributed by atoms with van der Waals surface area (Å²) < 4.78 is 15.2. The van der Waals surface area contributed by atoms with Crippen LogP contribution >= 0.6 is 11.9 Å². The minimum absolute atomic E-state index is 0.246. The maximum absolute atomic E-state index is 13.2. The van der Waals surface area contributed by atoms with Crippen molar-refractivity contribution in [1.29, 1.82) is 0 Å². The first-order valence-corrected chi connectivity index (χ1v) is 12.1. The maximum Gasteiger partial charge on any atom is 0.229 e. The number of anilines is 5. The van der Waals surface area contributed by atoms with Crippen molar-refractivity contribution >= 4 is 52.1 Å². The molecule has 4 N–H and O–H groups in total. The Bertz CT molecular complexity index is 1500. The van der Waals surface area contributed by atoms with Gasteiger partial charge in [-0.3, -0.25) is 5.14 Å². The zero-order valence-corrected chi connectivity index (χ0v) is 20.6. The lowest BCUT2D eigenvalue weighted by Gasteiger charge is -2.19. The van der Waals surface area contributed by atoms with Gasteiger partial charge in [0, 0.05) is 43.1 Å². The minimum atomic E-state index is -0.246. The number of fused-ring (bicyclic) bond motifs is 1. The molecule has 0 saturated carbocycles. The Balaban J connectivity index is 1.34. The third kappa shape index (κ3) is 5.09. The molecule has 36 heavy (non-hydrogen) atoms. The van der Waals surface area contributed by atoms with Crippen molar-refractivity contribution in [2.24, 2.45) is 12.2 Å². The summed E-state index contributed by atoms with van der Waals surface area (Å²) in [5.41, 5.74) is 4.63. The maximum atomic E-state index is 13.2. The number of nitrogens with two attached hydrogens (primary N) is 1. The van der Waals surface area contributed by atoms with Crippen LogP contribution in [0.1, 0.15) is 5.56 Å². The van der Waals surface area contributed by atoms with Gasteiger partial charge in [0.05, 0.1) is 11.0 Å². The van der Waals surface area contributed by atoms with Crippen molar-refractivity contribution in [3.8, 4) is 0 Å². The fraction of sp³-hybridized carbons (Fsp3) is 0.115. The van der Waals surface area contributed by atoms with Crippen LogP contribution in [0.15, 0.2) is 83.9 Å². The van der Waals surface area contributed by atoms with Crippen molar-refractivity contribution in [2.45, 2.75) is 11.4 Å². The van der Waals surface area contributed by atoms with Gasteiger partial charge in [-0.1, -0.05) is 18.2 Å². The zero-order chi connectivity index (χ0) is 25.1. The van der Waals surface area contributed by atoms with Gasteiger partial charge in [-0.05, 0) is 72.1 Å². The van der Waals surface area contributed by atoms with Crippen LogP contribution in [0.25, 0.3) is 11.0 Å². The predicted octanol–water partition coefficient (Wildman–Crippen LogP) is 5.59. The number of nitrogens with zero attached hydrogens (tertiary/aromatic N) is 5. The Morgan fingerprint density at radius 3 is 2.67 bits per heavy atom. The molecule has 0 atom stereocenters. The van der Waals surface area contributed by atoms with Crippen LogP contribution in [-0.4, -0.2) is 26.6 Å². The Hall–Kier alpha value is -4.15. The van der Waals surface area contributed by atoms with E-state index in [1.54, 1.807) is 18.3 Å². The molecule has 10 heteroatoms. The molecule has 5 rings (SSSR count). The molecule has 5 aromatic rings. The number of benzene rings is 3. The molecule has 0 radical (unpaired) electrons. The number of hydrogen-bond acceptors (Lipinski definition) is 8. The van der Waals surface area contributed by atoms with Gasteiger partial charge in [-0.2, -0.15) is 4.98 Å². The zero-order valence-electron chi connectivity index (χ0n) is 19.8. The molecule has 0 bridgehead atoms. The van der Waals surface area contributed by atoms with Crippen LogP contribution in [0.5, 0.6) is 0 Å². The molecule has 0 aliphatic heterocycles. The number of aryl methyl sites for hydroxylation is 1. The van der Waals surface area contributed by atoms with Gasteiger partial charge in [0.15, 0.2) is 0 Å². The summed E-state index contributed by atoms with van der Waals surface area (Å²) in [7, 11) is 3.92. The topological polar surface area (TPSA) is 96.9 Å². The molecule has 3 aromatic carbocycles. The SMILES string of the molecule is CN(c1ccc2c(c1)nc(NCc1ccc(F)cc1)n2C)c1ccnc(Nc2cccc(SN)c2)n1. The first kappa shape index (κ1) is 23.6. The average Bonchev–Trinajstić information content (AvgIpc) is 3.22. The first-order chi connectivity index (χ1) is 17.5. The van der Waals surface area contributed by atoms with E-state index in [9.17, 15) is 4.39 Å². The summed E-state index contributed by atoms with van der Waals surface area (Å²) >= 11 is 1.19. The van der Waals surface area contributed by atoms with E-state index >= 15 is 0 Å². The summed E-state index contributed by atoms with van der Waals surface area (Å²) in [4.78, 5) is 16.7. The third-order valence-corrected chi connectivity index (χ3v) is 6.35. The third-order valence-electron chi connectivity index (χ3n) is 5.83. The van der Waals surface area contributed by atoms with Crippen LogP contribution in [0.3, 0.4) is 0 Å². The van der Waals surface area contributed by atoms with E-state index < -0.39 is 0 Å². The lowest BCUT2D eigenvalue weighted by molar-refractivity contribution is 0.627. The molecule has 0 unspecified atom stereocenters. The second kappa shape index (κ2) is 10.2. The van der Waals surface area contributed by atoms with Gasteiger partial charge in [-0.25, -0.2) is 14.4 Å². The number of rotatable bonds is 8. The normalized spacial score (nSPS) is 11.0. The predicted molar refractivity (Wildman–Crippen MR) is 144 cm³/mol. The molecule has 0 saturated heterocycles. The van der Waals surface area contributed by atoms with E-state index in [0.717, 1.165) is 44.6 Å². The molecular weight excluding hydrogens is 475 g/mol. The molecule has 0 aliphatic carbocycles. The van der Waals surface area contributed by atoms with Crippen LogP contribution in [-0.2, 0) is 13.6 Å². The molecule has 0 spiro atoms. The molecule has 182 valence electrons. The highest BCUT2D eigenvalue weighted by molar-refractivity contribution is 7.97. The van der Waals surface area contributed by atoms with Crippen LogP contribution in [0, 0.1) is 5.82 Å². The Kier molecular flexibility index (Phi) is 6.70. The molecule has 2 heterocycles. The molecular formula is C26H25FN8S. The number of imidazole rings is 1. The highest BCUT2D eigenvalue weighted by Gasteiger charge is 2.12. The first-order valence-electron chi connectivity index (χ1n) is 11.3. The van der Waals surface area contributed by atoms with Crippen molar-refractivity contribution in [3.63, 3.8) is 0 Å². The van der Waals surface area contributed by atoms with E-state index in [0.29, 0.717) is 12.5 Å². The van der Waals surface area contributed by atoms with Gasteiger partial charge >= 0.3 is 0 Å². The summed E-state index contributed by atoms with van der Waals surface area (Å²) in [5.74, 6) is 1.72. The Morgan fingerprint density at radius 1 is 1.03 bits per heavy atom. The lowest BCUT2D eigenvalue weighted by atomic mass is 10.2. The quantitative estimate of drug-likeness (QED) is 0.237. The van der Waals surface area contributed by atoms with Crippen molar-refractivity contribution in [2.75, 3.05) is 22.6 Å². The largest absolute Gasteiger partial charge is 0.352 e. The van der Waals surface area contributed by atoms with Crippen LogP contribution < -0.4 is 20.7 Å². The van der Waals surface area contributed by atoms with Crippen molar-refractivity contribution in [1.82, 2.24) is 19.5 Å². The van der Waals surface area contributed by atoms with E-state index in [1.165, 1.54) is 24.1 Å². The van der Waals surface area contributed by atoms with E-state index in [4.69, 9.17) is 10.1 Å². The van der Waals surface area contributed by atoms with E-state index in [-0.39, 0.29) is 5.82 Å². The monoisotopic (exact) mass is 500 g/mol. The van der Waals surface area contributed by atoms with Gasteiger partial charge in [0.1, 0.15) is 11.6 Å². The highest BCUT2D eigenvalue weighted by atomic mass is 32.2. The van der Waals surface area contributed by atoms with Crippen molar-refractivity contribution < 1.29 is 4.39 Å². The fourth-order valence-corrected chi connectivity index (χ4v) is 4.20. The Morgan fingerprint density at radius 2 is 1.86 bits per heavy atom. The van der Waals surface area contributed by atoms with Gasteiger partial charge in [0.25, 0.3) is 0 Å². The Labute approximate surface area is 212 Å². The summed E-state index contributed by atoms with van der Waals surface area (Å²) in [6.45, 7) is 0.549. The second-order valence-corrected chi connectivity index (χ2v) is 8.92.